The van der Waals surface area contributed by atoms with Gasteiger partial charge in [-0.1, -0.05) is 23.7 Å². The van der Waals surface area contributed by atoms with Crippen molar-refractivity contribution in [2.75, 3.05) is 6.54 Å². The van der Waals surface area contributed by atoms with E-state index in [1.54, 1.807) is 0 Å². The molecule has 15 heavy (non-hydrogen) atoms. The minimum atomic E-state index is 0.322. The Balaban J connectivity index is 2.45. The summed E-state index contributed by atoms with van der Waals surface area (Å²) in [6.45, 7) is 4.90. The van der Waals surface area contributed by atoms with Crippen LogP contribution in [0.1, 0.15) is 31.9 Å². The van der Waals surface area contributed by atoms with Crippen LogP contribution in [-0.2, 0) is 0 Å². The Kier molecular flexibility index (Phi) is 5.25. The van der Waals surface area contributed by atoms with Crippen molar-refractivity contribution in [1.29, 1.82) is 0 Å². The highest BCUT2D eigenvalue weighted by molar-refractivity contribution is 6.30. The molecule has 0 unspecified atom stereocenters. The van der Waals surface area contributed by atoms with Crippen molar-refractivity contribution in [1.82, 2.24) is 5.32 Å². The third kappa shape index (κ3) is 4.38. The largest absolute Gasteiger partial charge is 0.309 e. The van der Waals surface area contributed by atoms with E-state index in [-0.39, 0.29) is 0 Å². The van der Waals surface area contributed by atoms with Crippen molar-refractivity contribution in [3.05, 3.63) is 34.9 Å². The van der Waals surface area contributed by atoms with E-state index in [4.69, 9.17) is 11.6 Å². The maximum atomic E-state index is 5.92. The summed E-state index contributed by atoms with van der Waals surface area (Å²) in [6.07, 6.45) is 0.890. The van der Waals surface area contributed by atoms with Crippen LogP contribution in [0.5, 0.6) is 0 Å². The predicted octanol–water partition coefficient (Wildman–Crippen LogP) is 3.40. The Morgan fingerprint density at radius 1 is 1.47 bits per heavy atom. The van der Waals surface area contributed by atoms with Gasteiger partial charge in [-0.3, -0.25) is 0 Å². The van der Waals surface area contributed by atoms with E-state index in [0.717, 1.165) is 18.0 Å². The molecule has 0 radical (unpaired) electrons. The summed E-state index contributed by atoms with van der Waals surface area (Å²) in [7, 11) is 0. The van der Waals surface area contributed by atoms with Crippen LogP contribution >= 0.6 is 11.6 Å². The molecule has 2 heteroatoms. The fourth-order valence-electron chi connectivity index (χ4n) is 1.37. The monoisotopic (exact) mass is 221 g/mol. The second-order valence-electron chi connectivity index (χ2n) is 3.41. The molecule has 1 atom stereocenters. The van der Waals surface area contributed by atoms with Crippen molar-refractivity contribution in [3.8, 4) is 11.8 Å². The van der Waals surface area contributed by atoms with Crippen LogP contribution in [-0.4, -0.2) is 6.54 Å². The van der Waals surface area contributed by atoms with E-state index < -0.39 is 0 Å². The maximum Gasteiger partial charge on any atom is 0.0409 e. The molecule has 1 aromatic rings. The Bertz CT molecular complexity index is 362. The average Bonchev–Trinajstić information content (AvgIpc) is 2.24. The van der Waals surface area contributed by atoms with Gasteiger partial charge in [-0.2, -0.15) is 0 Å². The lowest BCUT2D eigenvalue weighted by Crippen LogP contribution is -2.19. The zero-order valence-corrected chi connectivity index (χ0v) is 9.93. The van der Waals surface area contributed by atoms with Crippen molar-refractivity contribution in [3.63, 3.8) is 0 Å². The van der Waals surface area contributed by atoms with Crippen molar-refractivity contribution in [2.45, 2.75) is 26.3 Å². The summed E-state index contributed by atoms with van der Waals surface area (Å²) in [4.78, 5) is 0. The number of rotatable bonds is 4. The second kappa shape index (κ2) is 6.50. The molecule has 80 valence electrons. The molecule has 0 fully saturated rings. The summed E-state index contributed by atoms with van der Waals surface area (Å²) < 4.78 is 0. The molecule has 1 N–H and O–H groups in total. The molecular formula is C13H16ClN. The number of nitrogens with one attached hydrogen (secondary N) is 1. The normalized spacial score (nSPS) is 11.7. The van der Waals surface area contributed by atoms with Crippen LogP contribution in [0.3, 0.4) is 0 Å². The number of hydrogen-bond acceptors (Lipinski definition) is 1. The van der Waals surface area contributed by atoms with E-state index >= 15 is 0 Å². The first-order chi connectivity index (χ1) is 7.24. The third-order valence-corrected chi connectivity index (χ3v) is 2.46. The minimum absolute atomic E-state index is 0.322. The average molecular weight is 222 g/mol. The van der Waals surface area contributed by atoms with Crippen LogP contribution in [0.4, 0.5) is 0 Å². The molecule has 0 amide bonds. The van der Waals surface area contributed by atoms with Gasteiger partial charge in [0, 0.05) is 24.0 Å². The van der Waals surface area contributed by atoms with Gasteiger partial charge in [-0.15, -0.1) is 11.8 Å². The van der Waals surface area contributed by atoms with Crippen molar-refractivity contribution in [2.24, 2.45) is 0 Å². The molecule has 0 saturated carbocycles. The topological polar surface area (TPSA) is 12.0 Å². The summed E-state index contributed by atoms with van der Waals surface area (Å²) in [5, 5.41) is 4.19. The van der Waals surface area contributed by atoms with Crippen LogP contribution in [0, 0.1) is 11.8 Å². The Morgan fingerprint density at radius 3 is 2.93 bits per heavy atom. The molecule has 1 aromatic carbocycles. The molecular weight excluding hydrogens is 206 g/mol. The fraction of sp³-hybridized carbons (Fsp3) is 0.385. The number of benzene rings is 1. The molecule has 1 rings (SSSR count). The minimum Gasteiger partial charge on any atom is -0.309 e. The zero-order valence-electron chi connectivity index (χ0n) is 9.18. The highest BCUT2D eigenvalue weighted by atomic mass is 35.5. The summed E-state index contributed by atoms with van der Waals surface area (Å²) in [6, 6.07) is 8.25. The van der Waals surface area contributed by atoms with Gasteiger partial charge >= 0.3 is 0 Å². The smallest absolute Gasteiger partial charge is 0.0409 e. The van der Waals surface area contributed by atoms with E-state index in [9.17, 15) is 0 Å². The highest BCUT2D eigenvalue weighted by Crippen LogP contribution is 2.16. The number of hydrogen-bond donors (Lipinski definition) is 1. The van der Waals surface area contributed by atoms with Crippen LogP contribution < -0.4 is 5.32 Å². The Labute approximate surface area is 96.8 Å². The van der Waals surface area contributed by atoms with E-state index in [1.807, 2.05) is 25.1 Å². The predicted molar refractivity (Wildman–Crippen MR) is 65.9 cm³/mol. The third-order valence-electron chi connectivity index (χ3n) is 2.23. The molecule has 0 saturated heterocycles. The standard InChI is InChI=1S/C13H16ClN/c1-3-4-5-9-15-11(2)12-7-6-8-13(14)10-12/h6-8,10-11,15H,5,9H2,1-2H3/t11-/m0/s1. The van der Waals surface area contributed by atoms with Gasteiger partial charge in [0.2, 0.25) is 0 Å². The number of halogens is 1. The summed E-state index contributed by atoms with van der Waals surface area (Å²) in [5.41, 5.74) is 1.21. The molecule has 0 aromatic heterocycles. The summed E-state index contributed by atoms with van der Waals surface area (Å²) >= 11 is 5.92. The quantitative estimate of drug-likeness (QED) is 0.607. The van der Waals surface area contributed by atoms with Gasteiger partial charge in [-0.25, -0.2) is 0 Å². The molecule has 1 nitrogen and oxygen atoms in total. The molecule has 0 bridgehead atoms. The molecule has 0 heterocycles. The first-order valence-electron chi connectivity index (χ1n) is 5.12. The first kappa shape index (κ1) is 12.1. The van der Waals surface area contributed by atoms with Crippen LogP contribution in [0.25, 0.3) is 0 Å². The van der Waals surface area contributed by atoms with E-state index in [0.29, 0.717) is 6.04 Å². The molecule has 0 aliphatic heterocycles. The SMILES string of the molecule is CC#CCCN[C@@H](C)c1cccc(Cl)c1. The first-order valence-corrected chi connectivity index (χ1v) is 5.50. The van der Waals surface area contributed by atoms with Crippen molar-refractivity contribution >= 4 is 11.6 Å². The van der Waals surface area contributed by atoms with Gasteiger partial charge < -0.3 is 5.32 Å². The van der Waals surface area contributed by atoms with Gasteiger partial charge in [-0.05, 0) is 31.5 Å². The second-order valence-corrected chi connectivity index (χ2v) is 3.84. The van der Waals surface area contributed by atoms with Gasteiger partial charge in [0.25, 0.3) is 0 Å². The Hall–Kier alpha value is -0.970. The lowest BCUT2D eigenvalue weighted by molar-refractivity contribution is 0.584. The molecule has 0 spiro atoms. The van der Waals surface area contributed by atoms with Crippen LogP contribution in [0.15, 0.2) is 24.3 Å². The zero-order chi connectivity index (χ0) is 11.1. The van der Waals surface area contributed by atoms with E-state index in [2.05, 4.69) is 30.1 Å². The lowest BCUT2D eigenvalue weighted by Gasteiger charge is -2.13. The van der Waals surface area contributed by atoms with Crippen LogP contribution in [0.2, 0.25) is 5.02 Å². The van der Waals surface area contributed by atoms with Gasteiger partial charge in [0.15, 0.2) is 0 Å². The van der Waals surface area contributed by atoms with Crippen molar-refractivity contribution < 1.29 is 0 Å². The maximum absolute atomic E-state index is 5.92. The summed E-state index contributed by atoms with van der Waals surface area (Å²) in [5.74, 6) is 5.91. The molecule has 0 aliphatic carbocycles. The Morgan fingerprint density at radius 2 is 2.27 bits per heavy atom. The lowest BCUT2D eigenvalue weighted by atomic mass is 10.1. The van der Waals surface area contributed by atoms with E-state index in [1.165, 1.54) is 5.56 Å². The fourth-order valence-corrected chi connectivity index (χ4v) is 1.57. The van der Waals surface area contributed by atoms with Gasteiger partial charge in [0.1, 0.15) is 0 Å². The molecule has 0 aliphatic rings. The van der Waals surface area contributed by atoms with Gasteiger partial charge in [0.05, 0.1) is 0 Å². The highest BCUT2D eigenvalue weighted by Gasteiger charge is 2.03.